The van der Waals surface area contributed by atoms with Crippen molar-refractivity contribution >= 4 is 17.1 Å². The van der Waals surface area contributed by atoms with Gasteiger partial charge in [0.15, 0.2) is 0 Å². The van der Waals surface area contributed by atoms with Gasteiger partial charge in [0.2, 0.25) is 0 Å². The van der Waals surface area contributed by atoms with Gasteiger partial charge in [-0.25, -0.2) is 4.99 Å². The fraction of sp³-hybridized carbons (Fsp3) is 0.321. The average Bonchev–Trinajstić information content (AvgIpc) is 2.84. The van der Waals surface area contributed by atoms with Crippen LogP contribution in [0.5, 0.6) is 5.75 Å². The maximum Gasteiger partial charge on any atom is 0.119 e. The first-order chi connectivity index (χ1) is 15.2. The van der Waals surface area contributed by atoms with Gasteiger partial charge in [0, 0.05) is 29.9 Å². The molecule has 0 heterocycles. The lowest BCUT2D eigenvalue weighted by Gasteiger charge is -2.25. The van der Waals surface area contributed by atoms with Gasteiger partial charge in [-0.15, -0.1) is 0 Å². The Morgan fingerprint density at radius 2 is 1.32 bits per heavy atom. The van der Waals surface area contributed by atoms with E-state index in [1.165, 1.54) is 31.4 Å². The highest BCUT2D eigenvalue weighted by molar-refractivity contribution is 6.14. The summed E-state index contributed by atoms with van der Waals surface area (Å²) in [5.74, 6) is 0.837. The van der Waals surface area contributed by atoms with Crippen molar-refractivity contribution in [1.82, 2.24) is 0 Å². The zero-order chi connectivity index (χ0) is 21.9. The molecule has 0 fully saturated rings. The molecule has 0 aliphatic carbocycles. The number of benzene rings is 3. The molecule has 3 aromatic carbocycles. The molecule has 0 saturated carbocycles. The van der Waals surface area contributed by atoms with Gasteiger partial charge in [-0.1, -0.05) is 69.2 Å². The standard InChI is InChI=1S/C28H34N2O/c1-4-6-21-30(22-7-5-2)26-17-13-24(14-18-26)28(23-11-9-8-10-12-23)29-25-15-19-27(31-3)20-16-25/h8-20H,4-7,21-22H2,1-3H3. The van der Waals surface area contributed by atoms with Crippen molar-refractivity contribution in [3.05, 3.63) is 90.0 Å². The molecule has 0 amide bonds. The third kappa shape index (κ3) is 6.45. The van der Waals surface area contributed by atoms with E-state index < -0.39 is 0 Å². The highest BCUT2D eigenvalue weighted by atomic mass is 16.5. The van der Waals surface area contributed by atoms with Gasteiger partial charge in [0.25, 0.3) is 0 Å². The van der Waals surface area contributed by atoms with Gasteiger partial charge in [0.1, 0.15) is 5.75 Å². The normalized spacial score (nSPS) is 11.4. The minimum absolute atomic E-state index is 0.837. The van der Waals surface area contributed by atoms with Crippen molar-refractivity contribution in [1.29, 1.82) is 0 Å². The number of methoxy groups -OCH3 is 1. The van der Waals surface area contributed by atoms with Crippen LogP contribution in [0.2, 0.25) is 0 Å². The van der Waals surface area contributed by atoms with Crippen LogP contribution >= 0.6 is 0 Å². The fourth-order valence-electron chi connectivity index (χ4n) is 3.58. The maximum atomic E-state index is 5.28. The number of hydrogen-bond acceptors (Lipinski definition) is 3. The summed E-state index contributed by atoms with van der Waals surface area (Å²) >= 11 is 0. The second-order valence-electron chi connectivity index (χ2n) is 7.77. The largest absolute Gasteiger partial charge is 0.497 e. The summed E-state index contributed by atoms with van der Waals surface area (Å²) in [5.41, 5.74) is 5.42. The van der Waals surface area contributed by atoms with Crippen molar-refractivity contribution in [2.45, 2.75) is 39.5 Å². The number of hydrogen-bond donors (Lipinski definition) is 0. The predicted molar refractivity (Wildman–Crippen MR) is 133 cm³/mol. The van der Waals surface area contributed by atoms with Crippen LogP contribution in [0, 0.1) is 0 Å². The molecular weight excluding hydrogens is 380 g/mol. The molecule has 0 spiro atoms. The highest BCUT2D eigenvalue weighted by Gasteiger charge is 2.10. The minimum atomic E-state index is 0.837. The molecule has 0 aliphatic heterocycles. The number of rotatable bonds is 11. The van der Waals surface area contributed by atoms with Gasteiger partial charge in [-0.3, -0.25) is 0 Å². The van der Waals surface area contributed by atoms with Crippen LogP contribution < -0.4 is 9.64 Å². The lowest BCUT2D eigenvalue weighted by atomic mass is 10.0. The lowest BCUT2D eigenvalue weighted by molar-refractivity contribution is 0.415. The minimum Gasteiger partial charge on any atom is -0.497 e. The van der Waals surface area contributed by atoms with Gasteiger partial charge in [0.05, 0.1) is 18.5 Å². The van der Waals surface area contributed by atoms with Crippen LogP contribution in [0.1, 0.15) is 50.7 Å². The Balaban J connectivity index is 1.92. The number of anilines is 1. The van der Waals surface area contributed by atoms with Crippen LogP contribution in [-0.2, 0) is 0 Å². The molecule has 31 heavy (non-hydrogen) atoms. The number of nitrogens with zero attached hydrogens (tertiary/aromatic N) is 2. The molecule has 3 aromatic rings. The summed E-state index contributed by atoms with van der Waals surface area (Å²) in [6, 6.07) is 27.2. The van der Waals surface area contributed by atoms with Gasteiger partial charge in [-0.05, 0) is 49.2 Å². The van der Waals surface area contributed by atoms with Gasteiger partial charge < -0.3 is 9.64 Å². The first kappa shape index (κ1) is 22.6. The first-order valence-electron chi connectivity index (χ1n) is 11.4. The lowest BCUT2D eigenvalue weighted by Crippen LogP contribution is -2.25. The summed E-state index contributed by atoms with van der Waals surface area (Å²) in [4.78, 5) is 7.51. The molecule has 162 valence electrons. The van der Waals surface area contributed by atoms with Crippen molar-refractivity contribution in [3.8, 4) is 5.75 Å². The predicted octanol–water partition coefficient (Wildman–Crippen LogP) is 7.27. The molecular formula is C28H34N2O. The molecule has 0 atom stereocenters. The van der Waals surface area contributed by atoms with Crippen molar-refractivity contribution < 1.29 is 4.74 Å². The Hall–Kier alpha value is -3.07. The number of aliphatic imine (C=N–C) groups is 1. The zero-order valence-corrected chi connectivity index (χ0v) is 19.1. The third-order valence-corrected chi connectivity index (χ3v) is 5.43. The van der Waals surface area contributed by atoms with E-state index in [1.807, 2.05) is 30.3 Å². The monoisotopic (exact) mass is 414 g/mol. The Morgan fingerprint density at radius 3 is 1.87 bits per heavy atom. The summed E-state index contributed by atoms with van der Waals surface area (Å²) in [7, 11) is 1.68. The van der Waals surface area contributed by atoms with Crippen LogP contribution in [0.25, 0.3) is 0 Å². The molecule has 0 aromatic heterocycles. The molecule has 3 heteroatoms. The third-order valence-electron chi connectivity index (χ3n) is 5.43. The Kier molecular flexibility index (Phi) is 8.71. The van der Waals surface area contributed by atoms with Crippen LogP contribution in [0.3, 0.4) is 0 Å². The van der Waals surface area contributed by atoms with E-state index >= 15 is 0 Å². The summed E-state index contributed by atoms with van der Waals surface area (Å²) < 4.78 is 5.28. The van der Waals surface area contributed by atoms with E-state index in [0.29, 0.717) is 0 Å². The SMILES string of the molecule is CCCCN(CCCC)c1ccc(C(=Nc2ccc(OC)cc2)c2ccccc2)cc1. The Labute approximate surface area is 187 Å². The Bertz CT molecular complexity index is 923. The molecule has 0 unspecified atom stereocenters. The molecule has 0 bridgehead atoms. The van der Waals surface area contributed by atoms with Gasteiger partial charge >= 0.3 is 0 Å². The molecule has 0 N–H and O–H groups in total. The maximum absolute atomic E-state index is 5.28. The molecule has 3 nitrogen and oxygen atoms in total. The van der Waals surface area contributed by atoms with Crippen molar-refractivity contribution in [2.24, 2.45) is 4.99 Å². The van der Waals surface area contributed by atoms with E-state index in [1.54, 1.807) is 7.11 Å². The number of ether oxygens (including phenoxy) is 1. The fourth-order valence-corrected chi connectivity index (χ4v) is 3.58. The second-order valence-corrected chi connectivity index (χ2v) is 7.77. The van der Waals surface area contributed by atoms with Crippen LogP contribution in [-0.4, -0.2) is 25.9 Å². The number of unbranched alkanes of at least 4 members (excludes halogenated alkanes) is 2. The molecule has 0 saturated heterocycles. The zero-order valence-electron chi connectivity index (χ0n) is 19.1. The molecule has 3 rings (SSSR count). The topological polar surface area (TPSA) is 24.8 Å². The van der Waals surface area contributed by atoms with E-state index in [-0.39, 0.29) is 0 Å². The molecule has 0 radical (unpaired) electrons. The Morgan fingerprint density at radius 1 is 0.742 bits per heavy atom. The van der Waals surface area contributed by atoms with Crippen LogP contribution in [0.4, 0.5) is 11.4 Å². The quantitative estimate of drug-likeness (QED) is 0.308. The van der Waals surface area contributed by atoms with E-state index in [9.17, 15) is 0 Å². The van der Waals surface area contributed by atoms with Crippen molar-refractivity contribution in [3.63, 3.8) is 0 Å². The molecule has 0 aliphatic rings. The second kappa shape index (κ2) is 11.9. The van der Waals surface area contributed by atoms with E-state index in [0.717, 1.165) is 41.4 Å². The summed E-state index contributed by atoms with van der Waals surface area (Å²) in [6.45, 7) is 6.73. The highest BCUT2D eigenvalue weighted by Crippen LogP contribution is 2.23. The van der Waals surface area contributed by atoms with Crippen molar-refractivity contribution in [2.75, 3.05) is 25.1 Å². The average molecular weight is 415 g/mol. The van der Waals surface area contributed by atoms with E-state index in [2.05, 4.69) is 67.3 Å². The summed E-state index contributed by atoms with van der Waals surface area (Å²) in [5, 5.41) is 0. The smallest absolute Gasteiger partial charge is 0.119 e. The summed E-state index contributed by atoms with van der Waals surface area (Å²) in [6.07, 6.45) is 4.88. The van der Waals surface area contributed by atoms with Crippen LogP contribution in [0.15, 0.2) is 83.9 Å². The first-order valence-corrected chi connectivity index (χ1v) is 11.4. The van der Waals surface area contributed by atoms with E-state index in [4.69, 9.17) is 9.73 Å². The van der Waals surface area contributed by atoms with Gasteiger partial charge in [-0.2, -0.15) is 0 Å².